The Bertz CT molecular complexity index is 1580. The Morgan fingerprint density at radius 1 is 1.03 bits per heavy atom. The van der Waals surface area contributed by atoms with E-state index in [0.717, 1.165) is 63.3 Å². The number of carbonyl (C=O) groups is 1. The minimum Gasteiger partial charge on any atom is -0.478 e. The number of hydrogen-bond acceptors (Lipinski definition) is 5. The van der Waals surface area contributed by atoms with Gasteiger partial charge in [-0.1, -0.05) is 42.6 Å². The van der Waals surface area contributed by atoms with Crippen molar-refractivity contribution < 1.29 is 14.4 Å². The summed E-state index contributed by atoms with van der Waals surface area (Å²) >= 11 is 0. The normalized spacial score (nSPS) is 15.1. The van der Waals surface area contributed by atoms with Crippen molar-refractivity contribution in [3.63, 3.8) is 0 Å². The van der Waals surface area contributed by atoms with Gasteiger partial charge in [-0.15, -0.1) is 0 Å². The summed E-state index contributed by atoms with van der Waals surface area (Å²) in [4.78, 5) is 24.8. The third-order valence-corrected chi connectivity index (χ3v) is 7.92. The fourth-order valence-corrected chi connectivity index (χ4v) is 6.14. The van der Waals surface area contributed by atoms with Crippen molar-refractivity contribution in [3.05, 3.63) is 89.3 Å². The molecule has 7 nitrogen and oxygen atoms in total. The van der Waals surface area contributed by atoms with E-state index in [1.54, 1.807) is 12.1 Å². The van der Waals surface area contributed by atoms with Crippen LogP contribution < -0.4 is 0 Å². The molecule has 1 aliphatic rings. The average Bonchev–Trinajstić information content (AvgIpc) is 3.53. The summed E-state index contributed by atoms with van der Waals surface area (Å²) in [6.45, 7) is 3.92. The Hall–Kier alpha value is -4.26. The molecule has 1 atom stereocenters. The number of pyridine rings is 2. The number of aryl methyl sites for hydroxylation is 2. The van der Waals surface area contributed by atoms with Crippen LogP contribution in [0.25, 0.3) is 33.3 Å². The van der Waals surface area contributed by atoms with Gasteiger partial charge in [0.2, 0.25) is 0 Å². The monoisotopic (exact) mass is 506 g/mol. The average molecular weight is 507 g/mol. The minimum atomic E-state index is -0.939. The fraction of sp³-hybridized carbons (Fsp3) is 0.290. The molecule has 5 aromatic rings. The van der Waals surface area contributed by atoms with E-state index in [9.17, 15) is 9.90 Å². The second-order valence-electron chi connectivity index (χ2n) is 10.2. The second-order valence-corrected chi connectivity index (χ2v) is 10.2. The molecule has 0 bridgehead atoms. The Labute approximate surface area is 220 Å². The van der Waals surface area contributed by atoms with Gasteiger partial charge in [-0.25, -0.2) is 4.79 Å². The maximum Gasteiger partial charge on any atom is 0.335 e. The molecule has 192 valence electrons. The molecular weight excluding hydrogens is 476 g/mol. The van der Waals surface area contributed by atoms with Crippen LogP contribution >= 0.6 is 0 Å². The molecule has 1 aliphatic carbocycles. The molecule has 4 aromatic heterocycles. The van der Waals surface area contributed by atoms with Crippen molar-refractivity contribution in [2.45, 2.75) is 51.9 Å². The molecule has 38 heavy (non-hydrogen) atoms. The topological polar surface area (TPSA) is 105 Å². The zero-order chi connectivity index (χ0) is 26.2. The molecule has 1 aromatic carbocycles. The molecule has 6 rings (SSSR count). The van der Waals surface area contributed by atoms with Crippen molar-refractivity contribution in [3.8, 4) is 22.3 Å². The fourth-order valence-electron chi connectivity index (χ4n) is 6.14. The van der Waals surface area contributed by atoms with Crippen LogP contribution in [0.5, 0.6) is 0 Å². The molecule has 1 fully saturated rings. The lowest BCUT2D eigenvalue weighted by molar-refractivity contribution is 0.0697. The Kier molecular flexibility index (Phi) is 6.27. The maximum absolute atomic E-state index is 11.4. The molecular formula is C31H30N4O3. The predicted molar refractivity (Wildman–Crippen MR) is 146 cm³/mol. The van der Waals surface area contributed by atoms with Gasteiger partial charge in [0.1, 0.15) is 5.76 Å². The standard InChI is InChI=1S/C31H30N4O3/c1-18-26(19(2)38-35-18)24-17-33-29-23(20-11-13-22(14-12-20)31(36)37)16-34-30(29)28(24)27(21-8-4-3-5-9-21)25-10-6-7-15-32-25/h6-7,10-17,21,27,34H,3-5,8-9H2,1-2H3,(H,36,37)/t27-/m0/s1. The maximum atomic E-state index is 11.4. The molecule has 0 spiro atoms. The number of hydrogen-bond donors (Lipinski definition) is 2. The van der Waals surface area contributed by atoms with Gasteiger partial charge < -0.3 is 14.6 Å². The van der Waals surface area contributed by atoms with E-state index >= 15 is 0 Å². The number of aromatic amines is 1. The zero-order valence-corrected chi connectivity index (χ0v) is 21.6. The van der Waals surface area contributed by atoms with Crippen LogP contribution in [0.2, 0.25) is 0 Å². The van der Waals surface area contributed by atoms with E-state index < -0.39 is 5.97 Å². The lowest BCUT2D eigenvalue weighted by Crippen LogP contribution is -2.20. The summed E-state index contributed by atoms with van der Waals surface area (Å²) in [6.07, 6.45) is 11.8. The van der Waals surface area contributed by atoms with E-state index in [1.807, 2.05) is 50.6 Å². The predicted octanol–water partition coefficient (Wildman–Crippen LogP) is 7.31. The first-order chi connectivity index (χ1) is 18.5. The smallest absolute Gasteiger partial charge is 0.335 e. The molecule has 4 heterocycles. The molecule has 0 unspecified atom stereocenters. The first kappa shape index (κ1) is 24.1. The third kappa shape index (κ3) is 4.18. The van der Waals surface area contributed by atoms with E-state index in [1.165, 1.54) is 24.8 Å². The molecule has 2 N–H and O–H groups in total. The number of fused-ring (bicyclic) bond motifs is 1. The quantitative estimate of drug-likeness (QED) is 0.250. The molecule has 0 aliphatic heterocycles. The first-order valence-electron chi connectivity index (χ1n) is 13.2. The van der Waals surface area contributed by atoms with Crippen LogP contribution in [0.1, 0.15) is 71.1 Å². The van der Waals surface area contributed by atoms with Crippen LogP contribution in [-0.2, 0) is 0 Å². The van der Waals surface area contributed by atoms with Crippen LogP contribution in [0.4, 0.5) is 0 Å². The number of rotatable bonds is 6. The van der Waals surface area contributed by atoms with E-state index in [2.05, 4.69) is 22.3 Å². The summed E-state index contributed by atoms with van der Waals surface area (Å²) in [5.74, 6) is 0.353. The summed E-state index contributed by atoms with van der Waals surface area (Å²) < 4.78 is 5.60. The Balaban J connectivity index is 1.62. The number of carboxylic acid groups (broad SMARTS) is 1. The minimum absolute atomic E-state index is 0.0755. The third-order valence-electron chi connectivity index (χ3n) is 7.92. The van der Waals surface area contributed by atoms with Crippen molar-refractivity contribution in [2.75, 3.05) is 0 Å². The Morgan fingerprint density at radius 3 is 2.47 bits per heavy atom. The summed E-state index contributed by atoms with van der Waals surface area (Å²) in [6, 6.07) is 13.1. The molecule has 7 heteroatoms. The zero-order valence-electron chi connectivity index (χ0n) is 21.6. The molecule has 0 radical (unpaired) electrons. The van der Waals surface area contributed by atoms with Crippen LogP contribution in [-0.4, -0.2) is 31.2 Å². The van der Waals surface area contributed by atoms with Gasteiger partial charge in [-0.3, -0.25) is 9.97 Å². The SMILES string of the molecule is Cc1noc(C)c1-c1cnc2c(-c3ccc(C(=O)O)cc3)c[nH]c2c1[C@H](c1ccccn1)C1CCCCC1. The van der Waals surface area contributed by atoms with Gasteiger partial charge in [0.25, 0.3) is 0 Å². The van der Waals surface area contributed by atoms with E-state index in [-0.39, 0.29) is 11.5 Å². The van der Waals surface area contributed by atoms with Crippen molar-refractivity contribution in [1.82, 2.24) is 20.1 Å². The summed E-state index contributed by atoms with van der Waals surface area (Å²) in [7, 11) is 0. The number of aromatic nitrogens is 4. The highest BCUT2D eigenvalue weighted by Crippen LogP contribution is 2.47. The number of nitrogens with zero attached hydrogens (tertiary/aromatic N) is 3. The molecule has 0 amide bonds. The molecule has 1 saturated carbocycles. The number of H-pyrrole nitrogens is 1. The molecule has 0 saturated heterocycles. The van der Waals surface area contributed by atoms with E-state index in [4.69, 9.17) is 14.5 Å². The van der Waals surface area contributed by atoms with Crippen molar-refractivity contribution in [2.24, 2.45) is 5.92 Å². The van der Waals surface area contributed by atoms with Gasteiger partial charge in [0, 0.05) is 46.9 Å². The Morgan fingerprint density at radius 2 is 1.82 bits per heavy atom. The highest BCUT2D eigenvalue weighted by atomic mass is 16.5. The largest absolute Gasteiger partial charge is 0.478 e. The van der Waals surface area contributed by atoms with Gasteiger partial charge in [-0.2, -0.15) is 0 Å². The number of benzene rings is 1. The van der Waals surface area contributed by atoms with Gasteiger partial charge in [0.05, 0.1) is 22.3 Å². The van der Waals surface area contributed by atoms with Crippen LogP contribution in [0, 0.1) is 19.8 Å². The van der Waals surface area contributed by atoms with Gasteiger partial charge >= 0.3 is 5.97 Å². The first-order valence-corrected chi connectivity index (χ1v) is 13.2. The summed E-state index contributed by atoms with van der Waals surface area (Å²) in [5, 5.41) is 13.6. The number of carboxylic acids is 1. The highest BCUT2D eigenvalue weighted by Gasteiger charge is 2.33. The van der Waals surface area contributed by atoms with Crippen molar-refractivity contribution in [1.29, 1.82) is 0 Å². The van der Waals surface area contributed by atoms with Crippen LogP contribution in [0.3, 0.4) is 0 Å². The number of nitrogens with one attached hydrogen (secondary N) is 1. The van der Waals surface area contributed by atoms with Crippen molar-refractivity contribution >= 4 is 17.0 Å². The summed E-state index contributed by atoms with van der Waals surface area (Å²) in [5.41, 5.74) is 9.00. The van der Waals surface area contributed by atoms with Gasteiger partial charge in [0.15, 0.2) is 0 Å². The number of aromatic carboxylic acids is 1. The highest BCUT2D eigenvalue weighted by molar-refractivity contribution is 5.98. The van der Waals surface area contributed by atoms with E-state index in [0.29, 0.717) is 5.92 Å². The van der Waals surface area contributed by atoms with Gasteiger partial charge in [-0.05, 0) is 68.0 Å². The second kappa shape index (κ2) is 9.89. The lowest BCUT2D eigenvalue weighted by atomic mass is 9.73. The lowest BCUT2D eigenvalue weighted by Gasteiger charge is -2.32. The van der Waals surface area contributed by atoms with Crippen LogP contribution in [0.15, 0.2) is 65.6 Å².